The van der Waals surface area contributed by atoms with Gasteiger partial charge in [0, 0.05) is 13.5 Å². The molecule has 0 saturated heterocycles. The average Bonchev–Trinajstić information content (AvgIpc) is 1.82. The number of carboxylic acid groups (broad SMARTS) is 1. The van der Waals surface area contributed by atoms with Gasteiger partial charge in [-0.3, -0.25) is 0 Å². The molecule has 1 atom stereocenters. The van der Waals surface area contributed by atoms with Crippen LogP contribution in [0.4, 0.5) is 0 Å². The predicted octanol–water partition coefficient (Wildman–Crippen LogP) is 0.662. The third-order valence-electron chi connectivity index (χ3n) is 0.941. The van der Waals surface area contributed by atoms with E-state index < -0.39 is 12.1 Å². The molecule has 52 valence electrons. The summed E-state index contributed by atoms with van der Waals surface area (Å²) in [6.07, 6.45) is 1.14. The highest BCUT2D eigenvalue weighted by atomic mass is 16.5. The summed E-state index contributed by atoms with van der Waals surface area (Å²) in [6.45, 7) is 3.39. The number of hydrogen-bond donors (Lipinski definition) is 1. The van der Waals surface area contributed by atoms with E-state index in [0.29, 0.717) is 6.42 Å². The van der Waals surface area contributed by atoms with E-state index in [2.05, 4.69) is 11.3 Å². The number of hydrogen-bond acceptors (Lipinski definition) is 2. The van der Waals surface area contributed by atoms with Crippen LogP contribution in [0.2, 0.25) is 0 Å². The Labute approximate surface area is 53.9 Å². The molecule has 1 unspecified atom stereocenters. The SMILES string of the molecule is C=CCC(OC)C(=O)O. The second-order valence-corrected chi connectivity index (χ2v) is 1.59. The topological polar surface area (TPSA) is 46.5 Å². The minimum atomic E-state index is -0.947. The molecule has 0 aliphatic carbocycles. The predicted molar refractivity (Wildman–Crippen MR) is 33.2 cm³/mol. The van der Waals surface area contributed by atoms with Gasteiger partial charge in [0.25, 0.3) is 0 Å². The van der Waals surface area contributed by atoms with Crippen molar-refractivity contribution in [3.8, 4) is 0 Å². The summed E-state index contributed by atoms with van der Waals surface area (Å²) < 4.78 is 4.58. The van der Waals surface area contributed by atoms with Crippen LogP contribution in [0.1, 0.15) is 6.42 Å². The molecule has 0 spiro atoms. The van der Waals surface area contributed by atoms with Crippen molar-refractivity contribution in [3.63, 3.8) is 0 Å². The van der Waals surface area contributed by atoms with Crippen LogP contribution >= 0.6 is 0 Å². The molecule has 0 amide bonds. The highest BCUT2D eigenvalue weighted by Crippen LogP contribution is 1.96. The van der Waals surface area contributed by atoms with E-state index in [1.807, 2.05) is 0 Å². The zero-order chi connectivity index (χ0) is 7.28. The molecule has 0 bridgehead atoms. The molecule has 0 fully saturated rings. The molecule has 0 aliphatic rings. The molecule has 0 aromatic heterocycles. The van der Waals surface area contributed by atoms with Gasteiger partial charge in [0.15, 0.2) is 6.10 Å². The van der Waals surface area contributed by atoms with Crippen molar-refractivity contribution >= 4 is 5.97 Å². The summed E-state index contributed by atoms with van der Waals surface area (Å²) in [5.41, 5.74) is 0. The summed E-state index contributed by atoms with van der Waals surface area (Å²) in [4.78, 5) is 10.1. The smallest absolute Gasteiger partial charge is 0.333 e. The van der Waals surface area contributed by atoms with Gasteiger partial charge in [-0.1, -0.05) is 6.08 Å². The lowest BCUT2D eigenvalue weighted by Crippen LogP contribution is -2.20. The van der Waals surface area contributed by atoms with E-state index in [9.17, 15) is 4.79 Å². The summed E-state index contributed by atoms with van der Waals surface area (Å²) in [5, 5.41) is 8.33. The molecule has 0 radical (unpaired) electrons. The third kappa shape index (κ3) is 2.87. The van der Waals surface area contributed by atoms with Crippen molar-refractivity contribution in [3.05, 3.63) is 12.7 Å². The lowest BCUT2D eigenvalue weighted by atomic mass is 10.2. The number of ether oxygens (including phenoxy) is 1. The Bertz CT molecular complexity index is 109. The van der Waals surface area contributed by atoms with Crippen molar-refractivity contribution in [1.29, 1.82) is 0 Å². The maximum absolute atomic E-state index is 10.1. The fourth-order valence-corrected chi connectivity index (χ4v) is 0.449. The lowest BCUT2D eigenvalue weighted by Gasteiger charge is -2.05. The maximum Gasteiger partial charge on any atom is 0.333 e. The minimum Gasteiger partial charge on any atom is -0.479 e. The number of carbonyl (C=O) groups is 1. The van der Waals surface area contributed by atoms with Gasteiger partial charge in [0.2, 0.25) is 0 Å². The molecule has 0 heterocycles. The Kier molecular flexibility index (Phi) is 3.71. The standard InChI is InChI=1S/C6H10O3/c1-3-4-5(9-2)6(7)8/h3,5H,1,4H2,2H3,(H,7,8). The first-order valence-corrected chi connectivity index (χ1v) is 2.59. The highest BCUT2D eigenvalue weighted by Gasteiger charge is 2.12. The quantitative estimate of drug-likeness (QED) is 0.569. The molecule has 0 rings (SSSR count). The summed E-state index contributed by atoms with van der Waals surface area (Å²) in [6, 6.07) is 0. The molecule has 0 saturated carbocycles. The van der Waals surface area contributed by atoms with Gasteiger partial charge in [0.1, 0.15) is 0 Å². The van der Waals surface area contributed by atoms with E-state index in [1.54, 1.807) is 0 Å². The van der Waals surface area contributed by atoms with Crippen LogP contribution < -0.4 is 0 Å². The van der Waals surface area contributed by atoms with Crippen LogP contribution in [0.25, 0.3) is 0 Å². The molecular weight excluding hydrogens is 120 g/mol. The fraction of sp³-hybridized carbons (Fsp3) is 0.500. The largest absolute Gasteiger partial charge is 0.479 e. The van der Waals surface area contributed by atoms with Gasteiger partial charge in [-0.2, -0.15) is 0 Å². The molecular formula is C6H10O3. The molecule has 9 heavy (non-hydrogen) atoms. The van der Waals surface area contributed by atoms with Gasteiger partial charge in [-0.15, -0.1) is 6.58 Å². The Balaban J connectivity index is 3.67. The number of carboxylic acids is 1. The van der Waals surface area contributed by atoms with Crippen molar-refractivity contribution in [1.82, 2.24) is 0 Å². The summed E-state index contributed by atoms with van der Waals surface area (Å²) >= 11 is 0. The summed E-state index contributed by atoms with van der Waals surface area (Å²) in [7, 11) is 1.36. The summed E-state index contributed by atoms with van der Waals surface area (Å²) in [5.74, 6) is -0.947. The van der Waals surface area contributed by atoms with Crippen LogP contribution in [0.15, 0.2) is 12.7 Å². The van der Waals surface area contributed by atoms with E-state index in [1.165, 1.54) is 13.2 Å². The van der Waals surface area contributed by atoms with Crippen LogP contribution in [-0.4, -0.2) is 24.3 Å². The van der Waals surface area contributed by atoms with Crippen LogP contribution in [-0.2, 0) is 9.53 Å². The van der Waals surface area contributed by atoms with Gasteiger partial charge in [-0.05, 0) is 0 Å². The molecule has 0 aromatic carbocycles. The first kappa shape index (κ1) is 8.17. The van der Waals surface area contributed by atoms with Gasteiger partial charge >= 0.3 is 5.97 Å². The molecule has 3 heteroatoms. The first-order chi connectivity index (χ1) is 4.22. The van der Waals surface area contributed by atoms with E-state index >= 15 is 0 Å². The molecule has 0 aromatic rings. The number of methoxy groups -OCH3 is 1. The zero-order valence-electron chi connectivity index (χ0n) is 5.33. The Morgan fingerprint density at radius 3 is 2.67 bits per heavy atom. The molecule has 1 N–H and O–H groups in total. The van der Waals surface area contributed by atoms with Crippen LogP contribution in [0.5, 0.6) is 0 Å². The maximum atomic E-state index is 10.1. The fourth-order valence-electron chi connectivity index (χ4n) is 0.449. The van der Waals surface area contributed by atoms with Gasteiger partial charge < -0.3 is 9.84 Å². The Morgan fingerprint density at radius 2 is 2.56 bits per heavy atom. The second-order valence-electron chi connectivity index (χ2n) is 1.59. The van der Waals surface area contributed by atoms with Crippen molar-refractivity contribution < 1.29 is 14.6 Å². The minimum absolute atomic E-state index is 0.353. The van der Waals surface area contributed by atoms with Crippen molar-refractivity contribution in [2.24, 2.45) is 0 Å². The van der Waals surface area contributed by atoms with E-state index in [4.69, 9.17) is 5.11 Å². The van der Waals surface area contributed by atoms with E-state index in [-0.39, 0.29) is 0 Å². The monoisotopic (exact) mass is 130 g/mol. The number of rotatable bonds is 4. The van der Waals surface area contributed by atoms with Crippen molar-refractivity contribution in [2.45, 2.75) is 12.5 Å². The van der Waals surface area contributed by atoms with Crippen LogP contribution in [0.3, 0.4) is 0 Å². The lowest BCUT2D eigenvalue weighted by molar-refractivity contribution is -0.148. The van der Waals surface area contributed by atoms with Crippen LogP contribution in [0, 0.1) is 0 Å². The third-order valence-corrected chi connectivity index (χ3v) is 0.941. The zero-order valence-corrected chi connectivity index (χ0v) is 5.33. The normalized spacial score (nSPS) is 12.6. The Morgan fingerprint density at radius 1 is 2.00 bits per heavy atom. The highest BCUT2D eigenvalue weighted by molar-refractivity contribution is 5.72. The Hall–Kier alpha value is -0.830. The van der Waals surface area contributed by atoms with Crippen molar-refractivity contribution in [2.75, 3.05) is 7.11 Å². The molecule has 0 aliphatic heterocycles. The van der Waals surface area contributed by atoms with Gasteiger partial charge in [0.05, 0.1) is 0 Å². The first-order valence-electron chi connectivity index (χ1n) is 2.59. The van der Waals surface area contributed by atoms with Gasteiger partial charge in [-0.25, -0.2) is 4.79 Å². The second kappa shape index (κ2) is 4.09. The molecule has 3 nitrogen and oxygen atoms in total. The average molecular weight is 130 g/mol. The number of aliphatic carboxylic acids is 1. The van der Waals surface area contributed by atoms with E-state index in [0.717, 1.165) is 0 Å².